The second-order valence-electron chi connectivity index (χ2n) is 13.4. The Morgan fingerprint density at radius 1 is 0.447 bits per heavy atom. The van der Waals surface area contributed by atoms with E-state index in [1.165, 1.54) is 85.2 Å². The topological polar surface area (TPSA) is 3.24 Å². The van der Waals surface area contributed by atoms with Crippen molar-refractivity contribution < 1.29 is 0 Å². The molecule has 222 valence electrons. The first-order valence-electron chi connectivity index (χ1n) is 16.3. The Balaban J connectivity index is 1.21. The molecular weight excluding hydrogens is 633 g/mol. The molecule has 0 unspecified atom stereocenters. The summed E-state index contributed by atoms with van der Waals surface area (Å²) >= 11 is 0.296. The molecule has 2 heteroatoms. The van der Waals surface area contributed by atoms with Crippen molar-refractivity contribution in [2.24, 2.45) is 0 Å². The summed E-state index contributed by atoms with van der Waals surface area (Å²) in [6.45, 7) is 4.70. The normalized spacial score (nSPS) is 13.5. The molecule has 1 aromatic heterocycles. The van der Waals surface area contributed by atoms with E-state index in [0.717, 1.165) is 5.69 Å². The van der Waals surface area contributed by atoms with Crippen molar-refractivity contribution in [1.82, 2.24) is 0 Å². The Kier molecular flexibility index (Phi) is 5.71. The van der Waals surface area contributed by atoms with Crippen LogP contribution >= 0.6 is 0 Å². The third-order valence-electron chi connectivity index (χ3n) is 10.4. The molecule has 0 amide bonds. The molecule has 1 heterocycles. The van der Waals surface area contributed by atoms with Crippen molar-refractivity contribution in [2.45, 2.75) is 19.3 Å². The molecule has 0 radical (unpaired) electrons. The molecule has 0 saturated carbocycles. The number of nitrogens with zero attached hydrogens (tertiary/aromatic N) is 1. The second-order valence-corrected chi connectivity index (χ2v) is 15.6. The first-order valence-corrected chi connectivity index (χ1v) is 18.1. The number of benzene rings is 8. The molecule has 0 aliphatic heterocycles. The van der Waals surface area contributed by atoms with Crippen LogP contribution in [0, 0.1) is 0 Å². The fourth-order valence-corrected chi connectivity index (χ4v) is 10.7. The van der Waals surface area contributed by atoms with Crippen LogP contribution in [-0.4, -0.2) is 14.5 Å². The van der Waals surface area contributed by atoms with Crippen LogP contribution in [0.5, 0.6) is 0 Å². The van der Waals surface area contributed by atoms with E-state index in [2.05, 4.69) is 170 Å². The van der Waals surface area contributed by atoms with Crippen molar-refractivity contribution in [3.05, 3.63) is 163 Å². The van der Waals surface area contributed by atoms with Gasteiger partial charge in [0.25, 0.3) is 0 Å². The molecular formula is C45H31NSe. The number of hydrogen-bond donors (Lipinski definition) is 0. The van der Waals surface area contributed by atoms with Crippen LogP contribution in [0.1, 0.15) is 25.0 Å². The van der Waals surface area contributed by atoms with Gasteiger partial charge in [0.2, 0.25) is 0 Å². The van der Waals surface area contributed by atoms with E-state index >= 15 is 0 Å². The van der Waals surface area contributed by atoms with Gasteiger partial charge in [-0.15, -0.1) is 0 Å². The summed E-state index contributed by atoms with van der Waals surface area (Å²) in [5.74, 6) is 0. The zero-order valence-corrected chi connectivity index (χ0v) is 28.0. The van der Waals surface area contributed by atoms with E-state index in [9.17, 15) is 0 Å². The van der Waals surface area contributed by atoms with Crippen LogP contribution in [0.15, 0.2) is 152 Å². The summed E-state index contributed by atoms with van der Waals surface area (Å²) in [5.41, 5.74) is 8.94. The van der Waals surface area contributed by atoms with Gasteiger partial charge in [-0.1, -0.05) is 38.1 Å². The average molecular weight is 665 g/mol. The van der Waals surface area contributed by atoms with Crippen LogP contribution in [-0.2, 0) is 5.41 Å². The van der Waals surface area contributed by atoms with E-state index < -0.39 is 0 Å². The molecule has 0 spiro atoms. The fraction of sp³-hybridized carbons (Fsp3) is 0.0667. The summed E-state index contributed by atoms with van der Waals surface area (Å²) in [6.07, 6.45) is 0. The zero-order valence-electron chi connectivity index (χ0n) is 26.3. The number of rotatable bonds is 3. The predicted octanol–water partition coefficient (Wildman–Crippen LogP) is 12.3. The van der Waals surface area contributed by atoms with E-state index in [1.807, 2.05) is 0 Å². The Morgan fingerprint density at radius 3 is 1.98 bits per heavy atom. The second kappa shape index (κ2) is 9.93. The molecule has 0 atom stereocenters. The minimum absolute atomic E-state index is 0.0242. The van der Waals surface area contributed by atoms with E-state index in [4.69, 9.17) is 0 Å². The summed E-state index contributed by atoms with van der Waals surface area (Å²) in [5, 5.41) is 10.6. The van der Waals surface area contributed by atoms with Crippen LogP contribution < -0.4 is 4.90 Å². The van der Waals surface area contributed by atoms with Gasteiger partial charge in [0.15, 0.2) is 0 Å². The monoisotopic (exact) mass is 665 g/mol. The summed E-state index contributed by atoms with van der Waals surface area (Å²) < 4.78 is 3.00. The third kappa shape index (κ3) is 3.96. The van der Waals surface area contributed by atoms with Crippen molar-refractivity contribution in [3.8, 4) is 11.1 Å². The van der Waals surface area contributed by atoms with Gasteiger partial charge in [-0.25, -0.2) is 0 Å². The van der Waals surface area contributed by atoms with Gasteiger partial charge >= 0.3 is 243 Å². The maximum atomic E-state index is 2.44. The van der Waals surface area contributed by atoms with Gasteiger partial charge < -0.3 is 0 Å². The zero-order chi connectivity index (χ0) is 31.3. The summed E-state index contributed by atoms with van der Waals surface area (Å²) in [7, 11) is 0. The Hall–Kier alpha value is -5.14. The van der Waals surface area contributed by atoms with Crippen molar-refractivity contribution in [2.75, 3.05) is 4.90 Å². The Labute approximate surface area is 280 Å². The first kappa shape index (κ1) is 27.0. The maximum absolute atomic E-state index is 2.44. The van der Waals surface area contributed by atoms with Gasteiger partial charge in [0.05, 0.1) is 0 Å². The molecule has 10 rings (SSSR count). The molecule has 0 bridgehead atoms. The Bertz CT molecular complexity index is 2730. The fourth-order valence-electron chi connectivity index (χ4n) is 8.07. The number of hydrogen-bond acceptors (Lipinski definition) is 1. The van der Waals surface area contributed by atoms with Crippen molar-refractivity contribution >= 4 is 83.2 Å². The van der Waals surface area contributed by atoms with Crippen molar-refractivity contribution in [3.63, 3.8) is 0 Å². The van der Waals surface area contributed by atoms with E-state index in [-0.39, 0.29) is 5.41 Å². The van der Waals surface area contributed by atoms with Crippen LogP contribution in [0.2, 0.25) is 0 Å². The van der Waals surface area contributed by atoms with E-state index in [0.29, 0.717) is 14.5 Å². The molecule has 1 aliphatic rings. The summed E-state index contributed by atoms with van der Waals surface area (Å²) in [4.78, 5) is 2.44. The number of fused-ring (bicyclic) bond motifs is 11. The van der Waals surface area contributed by atoms with Gasteiger partial charge in [0, 0.05) is 0 Å². The molecule has 1 aliphatic carbocycles. The molecule has 0 saturated heterocycles. The summed E-state index contributed by atoms with van der Waals surface area (Å²) in [6, 6.07) is 56.8. The first-order chi connectivity index (χ1) is 23.0. The SMILES string of the molecule is CC1(C)c2ccccc2-c2cc(N(c3ccc4ccccc4c3)c3ccc4c(ccc5ccc6c7ccccc7[se]c6c54)c3)ccc21. The molecule has 1 nitrogen and oxygen atoms in total. The van der Waals surface area contributed by atoms with Gasteiger partial charge in [-0.3, -0.25) is 0 Å². The van der Waals surface area contributed by atoms with Crippen LogP contribution in [0.25, 0.3) is 62.7 Å². The molecule has 0 fully saturated rings. The van der Waals surface area contributed by atoms with E-state index in [1.54, 1.807) is 0 Å². The Morgan fingerprint density at radius 2 is 1.06 bits per heavy atom. The quantitative estimate of drug-likeness (QED) is 0.134. The van der Waals surface area contributed by atoms with Crippen LogP contribution in [0.4, 0.5) is 17.1 Å². The van der Waals surface area contributed by atoms with Gasteiger partial charge in [-0.05, 0) is 0 Å². The van der Waals surface area contributed by atoms with Gasteiger partial charge in [-0.2, -0.15) is 0 Å². The van der Waals surface area contributed by atoms with Gasteiger partial charge in [0.1, 0.15) is 0 Å². The van der Waals surface area contributed by atoms with Crippen molar-refractivity contribution in [1.29, 1.82) is 0 Å². The average Bonchev–Trinajstić information content (AvgIpc) is 3.60. The number of anilines is 3. The third-order valence-corrected chi connectivity index (χ3v) is 12.9. The predicted molar refractivity (Wildman–Crippen MR) is 203 cm³/mol. The van der Waals surface area contributed by atoms with Crippen LogP contribution in [0.3, 0.4) is 0 Å². The minimum atomic E-state index is -0.0242. The molecule has 47 heavy (non-hydrogen) atoms. The molecule has 9 aromatic rings. The molecule has 8 aromatic carbocycles. The molecule has 0 N–H and O–H groups in total. The standard InChI is InChI=1S/C45H31NSe/c1-45(2)40-13-7-5-11-36(40)39-27-34(21-24-41(39)45)46(32-19-17-28-9-3-4-10-30(28)25-32)33-20-23-35-31(26-33)16-15-29-18-22-38-37-12-6-8-14-42(37)47-44(38)43(29)35/h3-27H,1-2H3.